The normalized spacial score (nSPS) is 17.2. The van der Waals surface area contributed by atoms with Gasteiger partial charge in [0, 0.05) is 32.6 Å². The number of nitrogens with zero attached hydrogens (tertiary/aromatic N) is 2. The zero-order valence-corrected chi connectivity index (χ0v) is 19.6. The highest BCUT2D eigenvalue weighted by Crippen LogP contribution is 2.27. The van der Waals surface area contributed by atoms with Crippen LogP contribution < -0.4 is 10.9 Å². The summed E-state index contributed by atoms with van der Waals surface area (Å²) in [6.07, 6.45) is 0.510. The molecule has 170 valence electrons. The van der Waals surface area contributed by atoms with E-state index in [-0.39, 0.29) is 17.6 Å². The second-order valence-corrected chi connectivity index (χ2v) is 9.77. The Morgan fingerprint density at radius 3 is 2.88 bits per heavy atom. The zero-order valence-electron chi connectivity index (χ0n) is 18.8. The Balaban J connectivity index is 1.46. The molecule has 32 heavy (non-hydrogen) atoms. The van der Waals surface area contributed by atoms with Crippen molar-refractivity contribution in [3.63, 3.8) is 0 Å². The molecule has 7 nitrogen and oxygen atoms in total. The Hall–Kier alpha value is -2.55. The fraction of sp³-hybridized carbons (Fsp3) is 0.458. The van der Waals surface area contributed by atoms with Gasteiger partial charge >= 0.3 is 0 Å². The van der Waals surface area contributed by atoms with Crippen molar-refractivity contribution >= 4 is 27.5 Å². The molecule has 1 fully saturated rings. The quantitative estimate of drug-likeness (QED) is 0.573. The summed E-state index contributed by atoms with van der Waals surface area (Å²) in [5.41, 5.74) is 1.54. The Morgan fingerprint density at radius 2 is 2.12 bits per heavy atom. The van der Waals surface area contributed by atoms with Crippen LogP contribution in [0.25, 0.3) is 10.2 Å². The first-order valence-electron chi connectivity index (χ1n) is 11.1. The lowest BCUT2D eigenvalue weighted by Gasteiger charge is -2.33. The monoisotopic (exact) mass is 454 g/mol. The van der Waals surface area contributed by atoms with E-state index in [9.17, 15) is 9.59 Å². The number of hydrogen-bond donors (Lipinski definition) is 2. The highest BCUT2D eigenvalue weighted by atomic mass is 32.1. The summed E-state index contributed by atoms with van der Waals surface area (Å²) >= 11 is 1.27. The molecule has 2 N–H and O–H groups in total. The molecule has 1 amide bonds. The molecule has 0 saturated carbocycles. The molecule has 1 atom stereocenters. The Labute approximate surface area is 191 Å². The number of benzene rings is 1. The standard InChI is InChI=1S/C24H30N4O3S/c1-15(2)13-28-9-10-31-18(14-28)12-25-23(30)21-16(3)20-22(29)26-19(27-24(20)32-21)11-17-7-5-4-6-8-17/h4-8,15,18H,9-14H2,1-3H3,(H,25,30)(H,26,27,29)/t18-/m1/s1. The van der Waals surface area contributed by atoms with Crippen LogP contribution in [0.1, 0.15) is 40.5 Å². The molecule has 0 aliphatic carbocycles. The van der Waals surface area contributed by atoms with E-state index in [2.05, 4.69) is 34.0 Å². The number of aromatic nitrogens is 2. The molecule has 1 aliphatic rings. The lowest BCUT2D eigenvalue weighted by Crippen LogP contribution is -2.48. The summed E-state index contributed by atoms with van der Waals surface area (Å²) < 4.78 is 5.84. The molecule has 1 saturated heterocycles. The van der Waals surface area contributed by atoms with Gasteiger partial charge in [-0.25, -0.2) is 4.98 Å². The van der Waals surface area contributed by atoms with Crippen LogP contribution in [-0.2, 0) is 11.2 Å². The average Bonchev–Trinajstić information content (AvgIpc) is 3.09. The maximum absolute atomic E-state index is 12.9. The molecule has 0 bridgehead atoms. The van der Waals surface area contributed by atoms with Crippen molar-refractivity contribution in [3.8, 4) is 0 Å². The van der Waals surface area contributed by atoms with Crippen LogP contribution in [0, 0.1) is 12.8 Å². The van der Waals surface area contributed by atoms with E-state index < -0.39 is 0 Å². The van der Waals surface area contributed by atoms with Gasteiger partial charge in [0.1, 0.15) is 10.7 Å². The van der Waals surface area contributed by atoms with Gasteiger partial charge in [0.15, 0.2) is 0 Å². The number of aromatic amines is 1. The van der Waals surface area contributed by atoms with Crippen LogP contribution in [0.15, 0.2) is 35.1 Å². The molecule has 0 radical (unpaired) electrons. The van der Waals surface area contributed by atoms with Crippen molar-refractivity contribution in [2.45, 2.75) is 33.3 Å². The highest BCUT2D eigenvalue weighted by molar-refractivity contribution is 7.20. The number of fused-ring (bicyclic) bond motifs is 1. The van der Waals surface area contributed by atoms with Gasteiger partial charge in [0.2, 0.25) is 0 Å². The number of thiophene rings is 1. The topological polar surface area (TPSA) is 87.3 Å². The number of morpholine rings is 1. The largest absolute Gasteiger partial charge is 0.374 e. The molecular weight excluding hydrogens is 424 g/mol. The molecule has 8 heteroatoms. The third-order valence-corrected chi connectivity index (χ3v) is 6.79. The number of carbonyl (C=O) groups excluding carboxylic acids is 1. The van der Waals surface area contributed by atoms with Gasteiger partial charge in [-0.2, -0.15) is 0 Å². The van der Waals surface area contributed by atoms with Gasteiger partial charge in [-0.05, 0) is 24.0 Å². The van der Waals surface area contributed by atoms with Gasteiger partial charge in [-0.1, -0.05) is 44.2 Å². The summed E-state index contributed by atoms with van der Waals surface area (Å²) in [6.45, 7) is 10.1. The molecule has 0 unspecified atom stereocenters. The minimum Gasteiger partial charge on any atom is -0.374 e. The summed E-state index contributed by atoms with van der Waals surface area (Å²) in [4.78, 5) is 36.7. The molecule has 3 aromatic rings. The van der Waals surface area contributed by atoms with E-state index in [4.69, 9.17) is 4.74 Å². The van der Waals surface area contributed by atoms with Crippen LogP contribution in [0.5, 0.6) is 0 Å². The van der Waals surface area contributed by atoms with Gasteiger partial charge in [0.05, 0.1) is 23.0 Å². The Bertz CT molecular complexity index is 1140. The number of ether oxygens (including phenoxy) is 1. The first-order valence-corrected chi connectivity index (χ1v) is 11.9. The van der Waals surface area contributed by atoms with Crippen LogP contribution in [0.2, 0.25) is 0 Å². The van der Waals surface area contributed by atoms with Gasteiger partial charge < -0.3 is 15.0 Å². The lowest BCUT2D eigenvalue weighted by atomic mass is 10.1. The maximum atomic E-state index is 12.9. The summed E-state index contributed by atoms with van der Waals surface area (Å²) in [6, 6.07) is 9.87. The van der Waals surface area contributed by atoms with Gasteiger partial charge in [0.25, 0.3) is 11.5 Å². The number of H-pyrrole nitrogens is 1. The van der Waals surface area contributed by atoms with Crippen LogP contribution >= 0.6 is 11.3 Å². The Kier molecular flexibility index (Phi) is 7.03. The smallest absolute Gasteiger partial charge is 0.261 e. The molecule has 1 aliphatic heterocycles. The molecule has 2 aromatic heterocycles. The number of nitrogens with one attached hydrogen (secondary N) is 2. The van der Waals surface area contributed by atoms with Crippen LogP contribution in [0.4, 0.5) is 0 Å². The van der Waals surface area contributed by atoms with Crippen molar-refractivity contribution in [2.75, 3.05) is 32.8 Å². The zero-order chi connectivity index (χ0) is 22.7. The number of rotatable bonds is 7. The molecule has 0 spiro atoms. The predicted octanol–water partition coefficient (Wildman–Crippen LogP) is 2.97. The SMILES string of the molecule is Cc1c(C(=O)NC[C@@H]2CN(CC(C)C)CCO2)sc2nc(Cc3ccccc3)[nH]c(=O)c12. The fourth-order valence-corrected chi connectivity index (χ4v) is 5.27. The van der Waals surface area contributed by atoms with E-state index in [0.29, 0.717) is 52.0 Å². The lowest BCUT2D eigenvalue weighted by molar-refractivity contribution is -0.0295. The van der Waals surface area contributed by atoms with E-state index in [0.717, 1.165) is 25.2 Å². The van der Waals surface area contributed by atoms with Crippen molar-refractivity contribution in [3.05, 3.63) is 62.5 Å². The number of aryl methyl sites for hydroxylation is 1. The molecular formula is C24H30N4O3S. The van der Waals surface area contributed by atoms with Gasteiger partial charge in [-0.3, -0.25) is 14.5 Å². The third-order valence-electron chi connectivity index (χ3n) is 5.61. The first-order chi connectivity index (χ1) is 15.4. The van der Waals surface area contributed by atoms with E-state index in [1.165, 1.54) is 11.3 Å². The van der Waals surface area contributed by atoms with E-state index >= 15 is 0 Å². The first kappa shape index (κ1) is 22.6. The van der Waals surface area contributed by atoms with Gasteiger partial charge in [-0.15, -0.1) is 11.3 Å². The van der Waals surface area contributed by atoms with Crippen molar-refractivity contribution in [2.24, 2.45) is 5.92 Å². The molecule has 3 heterocycles. The summed E-state index contributed by atoms with van der Waals surface area (Å²) in [5.74, 6) is 1.02. The van der Waals surface area contributed by atoms with E-state index in [1.807, 2.05) is 37.3 Å². The van der Waals surface area contributed by atoms with Crippen molar-refractivity contribution in [1.82, 2.24) is 20.2 Å². The second-order valence-electron chi connectivity index (χ2n) is 8.77. The number of carbonyl (C=O) groups is 1. The number of hydrogen-bond acceptors (Lipinski definition) is 6. The molecule has 1 aromatic carbocycles. The second kappa shape index (κ2) is 9.94. The predicted molar refractivity (Wildman–Crippen MR) is 128 cm³/mol. The minimum atomic E-state index is -0.200. The highest BCUT2D eigenvalue weighted by Gasteiger charge is 2.24. The van der Waals surface area contributed by atoms with Crippen LogP contribution in [-0.4, -0.2) is 59.7 Å². The minimum absolute atomic E-state index is 0.0277. The Morgan fingerprint density at radius 1 is 1.34 bits per heavy atom. The fourth-order valence-electron chi connectivity index (χ4n) is 4.15. The van der Waals surface area contributed by atoms with Crippen LogP contribution in [0.3, 0.4) is 0 Å². The summed E-state index contributed by atoms with van der Waals surface area (Å²) in [7, 11) is 0. The molecule has 4 rings (SSSR count). The van der Waals surface area contributed by atoms with Crippen molar-refractivity contribution < 1.29 is 9.53 Å². The average molecular weight is 455 g/mol. The van der Waals surface area contributed by atoms with Crippen molar-refractivity contribution in [1.29, 1.82) is 0 Å². The third kappa shape index (κ3) is 5.26. The summed E-state index contributed by atoms with van der Waals surface area (Å²) in [5, 5.41) is 3.49. The maximum Gasteiger partial charge on any atom is 0.261 e. The van der Waals surface area contributed by atoms with E-state index in [1.54, 1.807) is 0 Å². The number of amides is 1.